The smallest absolute Gasteiger partial charge is 0.0649 e. The Hall–Kier alpha value is 0.190. The Morgan fingerprint density at radius 1 is 1.33 bits per heavy atom. The monoisotopic (exact) mass is 359 g/mol. The van der Waals surface area contributed by atoms with Gasteiger partial charge in [-0.2, -0.15) is 0 Å². The van der Waals surface area contributed by atoms with E-state index >= 15 is 0 Å². The Labute approximate surface area is 128 Å². The van der Waals surface area contributed by atoms with Crippen LogP contribution >= 0.6 is 50.4 Å². The van der Waals surface area contributed by atoms with E-state index in [-0.39, 0.29) is 0 Å². The van der Waals surface area contributed by atoms with Crippen molar-refractivity contribution >= 4 is 50.4 Å². The van der Waals surface area contributed by atoms with E-state index in [9.17, 15) is 0 Å². The second kappa shape index (κ2) is 5.67. The molecule has 0 fully saturated rings. The number of thioether (sulfide) groups is 1. The highest BCUT2D eigenvalue weighted by atomic mass is 79.9. The first-order chi connectivity index (χ1) is 8.74. The third-order valence-corrected chi connectivity index (χ3v) is 7.38. The summed E-state index contributed by atoms with van der Waals surface area (Å²) in [6.07, 6.45) is 1.22. The molecular weight excluding hydrogens is 346 g/mol. The number of hydrogen-bond acceptors (Lipinski definition) is 4. The van der Waals surface area contributed by atoms with Crippen molar-refractivity contribution < 1.29 is 0 Å². The quantitative estimate of drug-likeness (QED) is 0.798. The molecule has 3 heterocycles. The molecule has 0 aliphatic carbocycles. The zero-order valence-electron chi connectivity index (χ0n) is 9.98. The highest BCUT2D eigenvalue weighted by Crippen LogP contribution is 2.43. The molecule has 0 aromatic carbocycles. The van der Waals surface area contributed by atoms with Gasteiger partial charge in [-0.1, -0.05) is 6.92 Å². The third kappa shape index (κ3) is 2.70. The van der Waals surface area contributed by atoms with Crippen LogP contribution in [0, 0.1) is 0 Å². The van der Waals surface area contributed by atoms with E-state index < -0.39 is 0 Å². The van der Waals surface area contributed by atoms with Crippen LogP contribution in [-0.4, -0.2) is 5.25 Å². The summed E-state index contributed by atoms with van der Waals surface area (Å²) in [6, 6.07) is 4.91. The lowest BCUT2D eigenvalue weighted by Crippen LogP contribution is -2.25. The van der Waals surface area contributed by atoms with E-state index in [1.54, 1.807) is 0 Å². The molecule has 1 unspecified atom stereocenters. The molecule has 0 amide bonds. The number of hydrogen-bond donors (Lipinski definition) is 1. The molecule has 0 spiro atoms. The molecule has 1 aliphatic heterocycles. The van der Waals surface area contributed by atoms with Gasteiger partial charge in [-0.3, -0.25) is 0 Å². The molecule has 5 heteroatoms. The van der Waals surface area contributed by atoms with Crippen molar-refractivity contribution in [3.05, 3.63) is 37.8 Å². The minimum atomic E-state index is 0.511. The average molecular weight is 360 g/mol. The first kappa shape index (κ1) is 13.2. The van der Waals surface area contributed by atoms with E-state index in [4.69, 9.17) is 0 Å². The molecule has 0 saturated carbocycles. The van der Waals surface area contributed by atoms with Crippen molar-refractivity contribution in [3.63, 3.8) is 0 Å². The van der Waals surface area contributed by atoms with Crippen molar-refractivity contribution in [2.45, 2.75) is 35.4 Å². The van der Waals surface area contributed by atoms with E-state index in [0.29, 0.717) is 11.3 Å². The van der Waals surface area contributed by atoms with Gasteiger partial charge in [-0.25, -0.2) is 0 Å². The summed E-state index contributed by atoms with van der Waals surface area (Å²) in [7, 11) is 0. The van der Waals surface area contributed by atoms with Gasteiger partial charge in [0.1, 0.15) is 0 Å². The highest BCUT2D eigenvalue weighted by Gasteiger charge is 2.25. The number of rotatable bonds is 3. The fourth-order valence-corrected chi connectivity index (χ4v) is 6.22. The maximum absolute atomic E-state index is 3.71. The number of halogens is 1. The Kier molecular flexibility index (Phi) is 4.15. The fourth-order valence-electron chi connectivity index (χ4n) is 2.21. The average Bonchev–Trinajstić information content (AvgIpc) is 2.94. The zero-order chi connectivity index (χ0) is 12.5. The number of thiophene rings is 2. The first-order valence-corrected chi connectivity index (χ1v) is 9.36. The van der Waals surface area contributed by atoms with Gasteiger partial charge in [-0.15, -0.1) is 34.4 Å². The normalized spacial score (nSPS) is 23.0. The van der Waals surface area contributed by atoms with E-state index in [1.807, 2.05) is 34.4 Å². The minimum absolute atomic E-state index is 0.511. The summed E-state index contributed by atoms with van der Waals surface area (Å²) in [5.41, 5.74) is 1.50. The van der Waals surface area contributed by atoms with Gasteiger partial charge in [0.05, 0.1) is 4.21 Å². The van der Waals surface area contributed by atoms with E-state index in [0.717, 1.165) is 6.54 Å². The van der Waals surface area contributed by atoms with Gasteiger partial charge in [0.15, 0.2) is 0 Å². The molecule has 3 rings (SSSR count). The van der Waals surface area contributed by atoms with Crippen LogP contribution in [0.1, 0.15) is 29.8 Å². The first-order valence-electron chi connectivity index (χ1n) is 5.93. The Bertz CT molecular complexity index is 534. The minimum Gasteiger partial charge on any atom is -0.305 e. The van der Waals surface area contributed by atoms with Gasteiger partial charge in [0, 0.05) is 27.2 Å². The van der Waals surface area contributed by atoms with Gasteiger partial charge in [0.2, 0.25) is 0 Å². The molecule has 0 radical (unpaired) electrons. The summed E-state index contributed by atoms with van der Waals surface area (Å²) in [6.45, 7) is 3.28. The maximum Gasteiger partial charge on any atom is 0.0649 e. The standard InChI is InChI=1S/C13H14BrNS3/c1-8-6-11(9-2-4-17-13(9)18-8)15-7-12-10(14)3-5-16-12/h2-5,8,11,15H,6-7H2,1H3/t8-,11?/m0/s1. The molecule has 96 valence electrons. The fraction of sp³-hybridized carbons (Fsp3) is 0.385. The van der Waals surface area contributed by atoms with Gasteiger partial charge in [0.25, 0.3) is 0 Å². The number of nitrogens with one attached hydrogen (secondary N) is 1. The lowest BCUT2D eigenvalue weighted by molar-refractivity contribution is 0.490. The topological polar surface area (TPSA) is 12.0 Å². The summed E-state index contributed by atoms with van der Waals surface area (Å²) in [5.74, 6) is 0. The van der Waals surface area contributed by atoms with E-state index in [1.165, 1.54) is 25.5 Å². The SMILES string of the molecule is C[C@H]1CC(NCc2sccc2Br)c2ccsc2S1. The maximum atomic E-state index is 3.71. The molecule has 1 nitrogen and oxygen atoms in total. The van der Waals surface area contributed by atoms with Crippen LogP contribution in [0.15, 0.2) is 31.6 Å². The van der Waals surface area contributed by atoms with Gasteiger partial charge < -0.3 is 5.32 Å². The van der Waals surface area contributed by atoms with Crippen LogP contribution in [0.3, 0.4) is 0 Å². The second-order valence-corrected chi connectivity index (χ2v) is 8.93. The second-order valence-electron chi connectivity index (χ2n) is 4.45. The predicted molar refractivity (Wildman–Crippen MR) is 85.9 cm³/mol. The molecule has 2 atom stereocenters. The van der Waals surface area contributed by atoms with Crippen LogP contribution in [0.5, 0.6) is 0 Å². The van der Waals surface area contributed by atoms with Crippen molar-refractivity contribution in [2.75, 3.05) is 0 Å². The summed E-state index contributed by atoms with van der Waals surface area (Å²) < 4.78 is 2.72. The van der Waals surface area contributed by atoms with Crippen molar-refractivity contribution in [3.8, 4) is 0 Å². The van der Waals surface area contributed by atoms with Crippen molar-refractivity contribution in [1.82, 2.24) is 5.32 Å². The predicted octanol–water partition coefficient (Wildman–Crippen LogP) is 5.29. The molecular formula is C13H14BrNS3. The lowest BCUT2D eigenvalue weighted by atomic mass is 10.0. The van der Waals surface area contributed by atoms with Crippen molar-refractivity contribution in [1.29, 1.82) is 0 Å². The zero-order valence-corrected chi connectivity index (χ0v) is 14.0. The third-order valence-electron chi connectivity index (χ3n) is 3.11. The Balaban J connectivity index is 1.72. The highest BCUT2D eigenvalue weighted by molar-refractivity contribution is 9.10. The summed E-state index contributed by atoms with van der Waals surface area (Å²) in [5, 5.41) is 8.77. The Morgan fingerprint density at radius 2 is 2.17 bits per heavy atom. The summed E-state index contributed by atoms with van der Waals surface area (Å²) >= 11 is 9.30. The van der Waals surface area contributed by atoms with Crippen LogP contribution in [0.25, 0.3) is 0 Å². The van der Waals surface area contributed by atoms with Gasteiger partial charge >= 0.3 is 0 Å². The summed E-state index contributed by atoms with van der Waals surface area (Å²) in [4.78, 5) is 1.39. The van der Waals surface area contributed by atoms with Crippen LogP contribution in [0.2, 0.25) is 0 Å². The van der Waals surface area contributed by atoms with E-state index in [2.05, 4.69) is 51.1 Å². The van der Waals surface area contributed by atoms with Crippen molar-refractivity contribution in [2.24, 2.45) is 0 Å². The van der Waals surface area contributed by atoms with Crippen LogP contribution in [0.4, 0.5) is 0 Å². The molecule has 2 aromatic rings. The molecule has 0 bridgehead atoms. The lowest BCUT2D eigenvalue weighted by Gasteiger charge is -2.27. The number of fused-ring (bicyclic) bond motifs is 1. The molecule has 2 aromatic heterocycles. The molecule has 0 saturated heterocycles. The largest absolute Gasteiger partial charge is 0.305 e. The van der Waals surface area contributed by atoms with Crippen LogP contribution < -0.4 is 5.32 Å². The molecule has 1 N–H and O–H groups in total. The molecule has 18 heavy (non-hydrogen) atoms. The molecule has 1 aliphatic rings. The Morgan fingerprint density at radius 3 is 2.94 bits per heavy atom. The van der Waals surface area contributed by atoms with Crippen LogP contribution in [-0.2, 0) is 6.54 Å². The van der Waals surface area contributed by atoms with Gasteiger partial charge in [-0.05, 0) is 50.8 Å².